The Morgan fingerprint density at radius 2 is 1.87 bits per heavy atom. The summed E-state index contributed by atoms with van der Waals surface area (Å²) in [6.45, 7) is 6.02. The van der Waals surface area contributed by atoms with Gasteiger partial charge >= 0.3 is 8.80 Å². The van der Waals surface area contributed by atoms with Crippen LogP contribution in [0.3, 0.4) is 0 Å². The van der Waals surface area contributed by atoms with Gasteiger partial charge in [0.05, 0.1) is 0 Å². The van der Waals surface area contributed by atoms with Gasteiger partial charge in [0.15, 0.2) is 0 Å². The van der Waals surface area contributed by atoms with Crippen LogP contribution in [0.4, 0.5) is 0 Å². The van der Waals surface area contributed by atoms with Gasteiger partial charge in [0.1, 0.15) is 0 Å². The Morgan fingerprint density at radius 3 is 2.43 bits per heavy atom. The molecule has 0 amide bonds. The number of aryl methyl sites for hydroxylation is 1. The molecule has 1 saturated heterocycles. The standard InChI is InChI=1S/C17H27ClO4Si/c1-14(10-19)11-20-23(21-12-15(2)13-22-23)8-7-16-3-5-17(9-18)6-4-16/h3-6,14-15,19H,7-13H2,1-2H3. The van der Waals surface area contributed by atoms with Crippen LogP contribution in [0.2, 0.25) is 6.04 Å². The third-order valence-corrected chi connectivity index (χ3v) is 6.96. The van der Waals surface area contributed by atoms with Crippen molar-refractivity contribution in [2.75, 3.05) is 26.4 Å². The summed E-state index contributed by atoms with van der Waals surface area (Å²) < 4.78 is 18.1. The summed E-state index contributed by atoms with van der Waals surface area (Å²) in [7, 11) is -2.65. The van der Waals surface area contributed by atoms with E-state index in [2.05, 4.69) is 31.2 Å². The molecule has 0 aliphatic carbocycles. The zero-order valence-electron chi connectivity index (χ0n) is 14.0. The third kappa shape index (κ3) is 5.85. The van der Waals surface area contributed by atoms with Gasteiger partial charge in [-0.2, -0.15) is 0 Å². The minimum atomic E-state index is -2.65. The van der Waals surface area contributed by atoms with Gasteiger partial charge in [0.2, 0.25) is 0 Å². The van der Waals surface area contributed by atoms with Gasteiger partial charge in [-0.1, -0.05) is 38.1 Å². The lowest BCUT2D eigenvalue weighted by atomic mass is 10.1. The molecular formula is C17H27ClO4Si. The van der Waals surface area contributed by atoms with E-state index in [0.717, 1.165) is 18.0 Å². The average Bonchev–Trinajstić information content (AvgIpc) is 2.60. The molecule has 1 N–H and O–H groups in total. The van der Waals surface area contributed by atoms with Gasteiger partial charge in [-0.3, -0.25) is 0 Å². The molecule has 6 heteroatoms. The highest BCUT2D eigenvalue weighted by atomic mass is 35.5. The van der Waals surface area contributed by atoms with Crippen molar-refractivity contribution in [2.24, 2.45) is 11.8 Å². The van der Waals surface area contributed by atoms with Crippen molar-refractivity contribution in [3.05, 3.63) is 35.4 Å². The Bertz CT molecular complexity index is 460. The Morgan fingerprint density at radius 1 is 1.26 bits per heavy atom. The first-order valence-electron chi connectivity index (χ1n) is 8.23. The van der Waals surface area contributed by atoms with Crippen molar-refractivity contribution in [1.29, 1.82) is 0 Å². The van der Waals surface area contributed by atoms with E-state index in [1.54, 1.807) is 0 Å². The predicted octanol–water partition coefficient (Wildman–Crippen LogP) is 3.23. The third-order valence-electron chi connectivity index (χ3n) is 3.97. The molecule has 2 rings (SSSR count). The van der Waals surface area contributed by atoms with Gasteiger partial charge in [-0.05, 0) is 17.5 Å². The van der Waals surface area contributed by atoms with Crippen LogP contribution in [0, 0.1) is 11.8 Å². The Hall–Kier alpha value is -0.433. The fraction of sp³-hybridized carbons (Fsp3) is 0.647. The molecule has 1 fully saturated rings. The molecular weight excluding hydrogens is 332 g/mol. The second-order valence-corrected chi connectivity index (χ2v) is 9.46. The lowest BCUT2D eigenvalue weighted by molar-refractivity contribution is -0.0130. The smallest absolute Gasteiger partial charge is 0.396 e. The average molecular weight is 359 g/mol. The maximum absolute atomic E-state index is 9.19. The fourth-order valence-corrected chi connectivity index (χ4v) is 5.41. The summed E-state index contributed by atoms with van der Waals surface area (Å²) in [5.41, 5.74) is 2.35. The minimum Gasteiger partial charge on any atom is -0.396 e. The molecule has 23 heavy (non-hydrogen) atoms. The number of aliphatic hydroxyl groups is 1. The predicted molar refractivity (Wildman–Crippen MR) is 93.5 cm³/mol. The largest absolute Gasteiger partial charge is 0.501 e. The number of hydrogen-bond acceptors (Lipinski definition) is 4. The van der Waals surface area contributed by atoms with Gasteiger partial charge in [0.25, 0.3) is 0 Å². The normalized spacial score (nSPS) is 26.2. The monoisotopic (exact) mass is 358 g/mol. The maximum Gasteiger partial charge on any atom is 0.501 e. The summed E-state index contributed by atoms with van der Waals surface area (Å²) >= 11 is 5.82. The van der Waals surface area contributed by atoms with Crippen molar-refractivity contribution < 1.29 is 18.4 Å². The number of hydrogen-bond donors (Lipinski definition) is 1. The molecule has 1 aliphatic rings. The molecule has 1 aromatic rings. The highest BCUT2D eigenvalue weighted by molar-refractivity contribution is 6.60. The fourth-order valence-electron chi connectivity index (χ4n) is 2.34. The van der Waals surface area contributed by atoms with Crippen LogP contribution >= 0.6 is 11.6 Å². The SMILES string of the molecule is CC(CO)CO[Si]1(CCc2ccc(CCl)cc2)OCC(C)CO1. The van der Waals surface area contributed by atoms with Crippen molar-refractivity contribution in [3.8, 4) is 0 Å². The molecule has 0 aromatic heterocycles. The van der Waals surface area contributed by atoms with E-state index in [0.29, 0.717) is 31.6 Å². The Labute approximate surface area is 145 Å². The van der Waals surface area contributed by atoms with Crippen LogP contribution in [0.5, 0.6) is 0 Å². The topological polar surface area (TPSA) is 47.9 Å². The van der Waals surface area contributed by atoms with Gasteiger partial charge in [0, 0.05) is 50.2 Å². The van der Waals surface area contributed by atoms with Crippen molar-refractivity contribution in [2.45, 2.75) is 32.2 Å². The number of rotatable bonds is 8. The van der Waals surface area contributed by atoms with Crippen LogP contribution in [-0.4, -0.2) is 40.3 Å². The molecule has 1 aromatic carbocycles. The van der Waals surface area contributed by atoms with Crippen LogP contribution in [-0.2, 0) is 25.6 Å². The molecule has 130 valence electrons. The molecule has 0 spiro atoms. The molecule has 1 unspecified atom stereocenters. The van der Waals surface area contributed by atoms with Gasteiger partial charge in [-0.25, -0.2) is 0 Å². The molecule has 0 bridgehead atoms. The van der Waals surface area contributed by atoms with E-state index < -0.39 is 8.80 Å². The van der Waals surface area contributed by atoms with Crippen molar-refractivity contribution in [1.82, 2.24) is 0 Å². The van der Waals surface area contributed by atoms with Crippen LogP contribution < -0.4 is 0 Å². The van der Waals surface area contributed by atoms with E-state index in [9.17, 15) is 5.11 Å². The highest BCUT2D eigenvalue weighted by Gasteiger charge is 2.44. The first-order chi connectivity index (χ1) is 11.1. The number of aliphatic hydroxyl groups excluding tert-OH is 1. The van der Waals surface area contributed by atoms with Gasteiger partial charge in [-0.15, -0.1) is 11.6 Å². The summed E-state index contributed by atoms with van der Waals surface area (Å²) in [5.74, 6) is 1.03. The van der Waals surface area contributed by atoms with E-state index >= 15 is 0 Å². The quantitative estimate of drug-likeness (QED) is 0.572. The second kappa shape index (κ2) is 9.16. The Kier molecular flexibility index (Phi) is 7.52. The number of benzene rings is 1. The van der Waals surface area contributed by atoms with Crippen LogP contribution in [0.1, 0.15) is 25.0 Å². The molecule has 0 saturated carbocycles. The van der Waals surface area contributed by atoms with Crippen LogP contribution in [0.15, 0.2) is 24.3 Å². The molecule has 1 aliphatic heterocycles. The molecule has 4 nitrogen and oxygen atoms in total. The lowest BCUT2D eigenvalue weighted by Crippen LogP contribution is -2.52. The summed E-state index contributed by atoms with van der Waals surface area (Å²) in [6.07, 6.45) is 0.858. The maximum atomic E-state index is 9.19. The van der Waals surface area contributed by atoms with E-state index in [1.807, 2.05) is 6.92 Å². The Balaban J connectivity index is 1.95. The van der Waals surface area contributed by atoms with Crippen molar-refractivity contribution in [3.63, 3.8) is 0 Å². The molecule has 1 atom stereocenters. The first kappa shape index (κ1) is 18.9. The summed E-state index contributed by atoms with van der Waals surface area (Å²) in [6, 6.07) is 9.06. The zero-order valence-corrected chi connectivity index (χ0v) is 15.7. The summed E-state index contributed by atoms with van der Waals surface area (Å²) in [4.78, 5) is 0. The number of halogens is 1. The second-order valence-electron chi connectivity index (χ2n) is 6.46. The highest BCUT2D eigenvalue weighted by Crippen LogP contribution is 2.25. The lowest BCUT2D eigenvalue weighted by Gasteiger charge is -2.36. The van der Waals surface area contributed by atoms with E-state index in [1.165, 1.54) is 5.56 Å². The van der Waals surface area contributed by atoms with E-state index in [4.69, 9.17) is 24.9 Å². The molecule has 0 radical (unpaired) electrons. The van der Waals surface area contributed by atoms with Crippen LogP contribution in [0.25, 0.3) is 0 Å². The molecule has 1 heterocycles. The van der Waals surface area contributed by atoms with E-state index in [-0.39, 0.29) is 12.5 Å². The minimum absolute atomic E-state index is 0.0916. The van der Waals surface area contributed by atoms with Crippen molar-refractivity contribution >= 4 is 20.4 Å². The number of alkyl halides is 1. The zero-order chi connectivity index (χ0) is 16.7. The first-order valence-corrected chi connectivity index (χ1v) is 10.7. The van der Waals surface area contributed by atoms with Gasteiger partial charge < -0.3 is 18.4 Å². The summed E-state index contributed by atoms with van der Waals surface area (Å²) in [5, 5.41) is 9.19.